The third-order valence-electron chi connectivity index (χ3n) is 2.88. The zero-order valence-electron chi connectivity index (χ0n) is 8.99. The summed E-state index contributed by atoms with van der Waals surface area (Å²) in [6, 6.07) is 1.74. The second-order valence-corrected chi connectivity index (χ2v) is 3.99. The van der Waals surface area contributed by atoms with E-state index in [4.69, 9.17) is 9.15 Å². The van der Waals surface area contributed by atoms with Gasteiger partial charge in [0, 0.05) is 13.0 Å². The van der Waals surface area contributed by atoms with Crippen LogP contribution in [0.1, 0.15) is 41.8 Å². The number of rotatable bonds is 4. The predicted octanol–water partition coefficient (Wildman–Crippen LogP) is 2.73. The maximum atomic E-state index is 11.8. The first kappa shape index (κ1) is 10.4. The van der Waals surface area contributed by atoms with Crippen molar-refractivity contribution in [1.82, 2.24) is 0 Å². The van der Waals surface area contributed by atoms with Gasteiger partial charge in [-0.25, -0.2) is 0 Å². The highest BCUT2D eigenvalue weighted by Crippen LogP contribution is 2.19. The van der Waals surface area contributed by atoms with Crippen LogP contribution in [0, 0.1) is 6.92 Å². The molecular formula is C12H16O3. The molecule has 0 bridgehead atoms. The molecule has 0 radical (unpaired) electrons. The van der Waals surface area contributed by atoms with E-state index in [2.05, 4.69) is 0 Å². The molecule has 1 unspecified atom stereocenters. The number of carbonyl (C=O) groups excluding carboxylic acids is 1. The Balaban J connectivity index is 1.84. The monoisotopic (exact) mass is 208 g/mol. The van der Waals surface area contributed by atoms with Crippen LogP contribution in [0.3, 0.4) is 0 Å². The van der Waals surface area contributed by atoms with Crippen molar-refractivity contribution in [3.8, 4) is 0 Å². The summed E-state index contributed by atoms with van der Waals surface area (Å²) >= 11 is 0. The van der Waals surface area contributed by atoms with Crippen molar-refractivity contribution in [3.63, 3.8) is 0 Å². The fourth-order valence-electron chi connectivity index (χ4n) is 1.97. The van der Waals surface area contributed by atoms with Crippen molar-refractivity contribution in [3.05, 3.63) is 23.7 Å². The molecular weight excluding hydrogens is 192 g/mol. The summed E-state index contributed by atoms with van der Waals surface area (Å²) in [5.74, 6) is 0.879. The fourth-order valence-corrected chi connectivity index (χ4v) is 1.97. The van der Waals surface area contributed by atoms with E-state index in [0.717, 1.165) is 25.9 Å². The van der Waals surface area contributed by atoms with Crippen molar-refractivity contribution >= 4 is 5.78 Å². The van der Waals surface area contributed by atoms with Crippen molar-refractivity contribution < 1.29 is 13.9 Å². The molecule has 1 aliphatic rings. The molecule has 0 N–H and O–H groups in total. The fraction of sp³-hybridized carbons (Fsp3) is 0.583. The lowest BCUT2D eigenvalue weighted by molar-refractivity contribution is 0.0858. The van der Waals surface area contributed by atoms with Gasteiger partial charge in [-0.15, -0.1) is 0 Å². The van der Waals surface area contributed by atoms with Crippen molar-refractivity contribution in [2.45, 2.75) is 38.7 Å². The highest BCUT2D eigenvalue weighted by molar-refractivity contribution is 5.96. The highest BCUT2D eigenvalue weighted by Gasteiger charge is 2.18. The number of hydrogen-bond donors (Lipinski definition) is 0. The van der Waals surface area contributed by atoms with E-state index in [-0.39, 0.29) is 5.78 Å². The Morgan fingerprint density at radius 1 is 1.60 bits per heavy atom. The van der Waals surface area contributed by atoms with Gasteiger partial charge in [-0.1, -0.05) is 0 Å². The predicted molar refractivity (Wildman–Crippen MR) is 56.0 cm³/mol. The van der Waals surface area contributed by atoms with Crippen LogP contribution in [0.4, 0.5) is 0 Å². The van der Waals surface area contributed by atoms with Gasteiger partial charge in [0.15, 0.2) is 5.78 Å². The van der Waals surface area contributed by atoms with E-state index in [1.54, 1.807) is 12.3 Å². The van der Waals surface area contributed by atoms with Gasteiger partial charge in [-0.3, -0.25) is 4.79 Å². The Labute approximate surface area is 89.4 Å². The molecule has 0 aromatic carbocycles. The highest BCUT2D eigenvalue weighted by atomic mass is 16.5. The van der Waals surface area contributed by atoms with Gasteiger partial charge in [0.25, 0.3) is 0 Å². The van der Waals surface area contributed by atoms with Crippen LogP contribution in [0.2, 0.25) is 0 Å². The Morgan fingerprint density at radius 3 is 3.07 bits per heavy atom. The first-order valence-corrected chi connectivity index (χ1v) is 5.46. The molecule has 1 aromatic heterocycles. The van der Waals surface area contributed by atoms with Gasteiger partial charge in [-0.05, 0) is 32.3 Å². The molecule has 82 valence electrons. The molecule has 0 amide bonds. The van der Waals surface area contributed by atoms with E-state index in [1.807, 2.05) is 6.92 Å². The molecule has 2 rings (SSSR count). The molecule has 2 heterocycles. The van der Waals surface area contributed by atoms with Gasteiger partial charge in [0.2, 0.25) is 0 Å². The standard InChI is InChI=1S/C12H16O3/c1-9-11(6-8-14-9)12(13)5-4-10-3-2-7-15-10/h6,8,10H,2-5,7H2,1H3. The van der Waals surface area contributed by atoms with Gasteiger partial charge < -0.3 is 9.15 Å². The van der Waals surface area contributed by atoms with Gasteiger partial charge in [0.1, 0.15) is 5.76 Å². The quantitative estimate of drug-likeness (QED) is 0.714. The van der Waals surface area contributed by atoms with E-state index >= 15 is 0 Å². The molecule has 1 aromatic rings. The molecule has 0 saturated carbocycles. The first-order valence-electron chi connectivity index (χ1n) is 5.46. The van der Waals surface area contributed by atoms with Crippen LogP contribution < -0.4 is 0 Å². The van der Waals surface area contributed by atoms with Crippen LogP contribution in [0.15, 0.2) is 16.7 Å². The Bertz CT molecular complexity index is 334. The summed E-state index contributed by atoms with van der Waals surface area (Å²) in [6.07, 6.45) is 5.48. The second-order valence-electron chi connectivity index (χ2n) is 3.99. The largest absolute Gasteiger partial charge is 0.469 e. The molecule has 1 aliphatic heterocycles. The maximum absolute atomic E-state index is 11.8. The molecule has 1 saturated heterocycles. The summed E-state index contributed by atoms with van der Waals surface area (Å²) in [5.41, 5.74) is 0.716. The minimum Gasteiger partial charge on any atom is -0.469 e. The number of ether oxygens (including phenoxy) is 1. The average molecular weight is 208 g/mol. The minimum absolute atomic E-state index is 0.164. The lowest BCUT2D eigenvalue weighted by Crippen LogP contribution is -2.08. The number of ketones is 1. The number of Topliss-reactive ketones (excluding diaryl/α,β-unsaturated/α-hetero) is 1. The Hall–Kier alpha value is -1.09. The van der Waals surface area contributed by atoms with E-state index in [0.29, 0.717) is 23.8 Å². The third-order valence-corrected chi connectivity index (χ3v) is 2.88. The summed E-state index contributed by atoms with van der Waals surface area (Å²) in [6.45, 7) is 2.67. The summed E-state index contributed by atoms with van der Waals surface area (Å²) < 4.78 is 10.6. The zero-order chi connectivity index (χ0) is 10.7. The molecule has 3 nitrogen and oxygen atoms in total. The average Bonchev–Trinajstić information content (AvgIpc) is 2.84. The minimum atomic E-state index is 0.164. The van der Waals surface area contributed by atoms with Gasteiger partial charge >= 0.3 is 0 Å². The van der Waals surface area contributed by atoms with Gasteiger partial charge in [0.05, 0.1) is 17.9 Å². The van der Waals surface area contributed by atoms with Crippen molar-refractivity contribution in [2.75, 3.05) is 6.61 Å². The Morgan fingerprint density at radius 2 is 2.47 bits per heavy atom. The number of furan rings is 1. The lowest BCUT2D eigenvalue weighted by atomic mass is 10.0. The lowest BCUT2D eigenvalue weighted by Gasteiger charge is -2.07. The first-order chi connectivity index (χ1) is 7.27. The van der Waals surface area contributed by atoms with Crippen molar-refractivity contribution in [1.29, 1.82) is 0 Å². The van der Waals surface area contributed by atoms with Crippen LogP contribution >= 0.6 is 0 Å². The van der Waals surface area contributed by atoms with Crippen LogP contribution in [0.5, 0.6) is 0 Å². The molecule has 1 fully saturated rings. The van der Waals surface area contributed by atoms with E-state index in [9.17, 15) is 4.79 Å². The van der Waals surface area contributed by atoms with E-state index in [1.165, 1.54) is 0 Å². The van der Waals surface area contributed by atoms with Crippen LogP contribution in [-0.4, -0.2) is 18.5 Å². The topological polar surface area (TPSA) is 39.4 Å². The zero-order valence-corrected chi connectivity index (χ0v) is 8.99. The molecule has 0 aliphatic carbocycles. The summed E-state index contributed by atoms with van der Waals surface area (Å²) in [5, 5.41) is 0. The smallest absolute Gasteiger partial charge is 0.166 e. The number of carbonyl (C=O) groups is 1. The maximum Gasteiger partial charge on any atom is 0.166 e. The van der Waals surface area contributed by atoms with Crippen LogP contribution in [-0.2, 0) is 4.74 Å². The number of hydrogen-bond acceptors (Lipinski definition) is 3. The summed E-state index contributed by atoms with van der Waals surface area (Å²) in [7, 11) is 0. The summed E-state index contributed by atoms with van der Waals surface area (Å²) in [4.78, 5) is 11.8. The molecule has 15 heavy (non-hydrogen) atoms. The van der Waals surface area contributed by atoms with Gasteiger partial charge in [-0.2, -0.15) is 0 Å². The Kier molecular flexibility index (Phi) is 3.21. The molecule has 1 atom stereocenters. The van der Waals surface area contributed by atoms with Crippen LogP contribution in [0.25, 0.3) is 0 Å². The SMILES string of the molecule is Cc1occc1C(=O)CCC1CCCO1. The number of aryl methyl sites for hydroxylation is 1. The third kappa shape index (κ3) is 2.48. The second kappa shape index (κ2) is 4.62. The van der Waals surface area contributed by atoms with Crippen molar-refractivity contribution in [2.24, 2.45) is 0 Å². The molecule has 3 heteroatoms. The molecule has 0 spiro atoms. The van der Waals surface area contributed by atoms with E-state index < -0.39 is 0 Å². The normalized spacial score (nSPS) is 20.7.